The van der Waals surface area contributed by atoms with Crippen molar-refractivity contribution < 1.29 is 4.79 Å². The minimum Gasteiger partial charge on any atom is -0.384 e. The first-order valence-electron chi connectivity index (χ1n) is 10.2. The second-order valence-electron chi connectivity index (χ2n) is 8.05. The summed E-state index contributed by atoms with van der Waals surface area (Å²) in [5, 5.41) is 7.61. The molecule has 152 valence electrons. The molecule has 4 N–H and O–H groups in total. The van der Waals surface area contributed by atoms with Gasteiger partial charge < -0.3 is 15.6 Å². The number of benzene rings is 2. The van der Waals surface area contributed by atoms with Crippen molar-refractivity contribution in [1.29, 1.82) is 5.41 Å². The predicted octanol–water partition coefficient (Wildman–Crippen LogP) is 2.49. The summed E-state index contributed by atoms with van der Waals surface area (Å²) in [7, 11) is 0. The number of fused-ring (bicyclic) bond motifs is 2. The molecule has 1 amide bonds. The molecule has 0 spiro atoms. The Morgan fingerprint density at radius 1 is 1.10 bits per heavy atom. The fraction of sp³-hybridized carbons (Fsp3) is 0.261. The Balaban J connectivity index is 1.41. The number of imidazole rings is 1. The SMILES string of the molecule is N=C(N)c1ccc2c(c1)CC(Cn1c(=O)[nH]c3cc(C(=O)N4CCCC4)ccc31)=C2. The van der Waals surface area contributed by atoms with Gasteiger partial charge in [0, 0.05) is 30.8 Å². The van der Waals surface area contributed by atoms with E-state index in [0.29, 0.717) is 23.2 Å². The minimum atomic E-state index is -0.183. The Kier molecular flexibility index (Phi) is 4.31. The van der Waals surface area contributed by atoms with Gasteiger partial charge in [0.15, 0.2) is 0 Å². The summed E-state index contributed by atoms with van der Waals surface area (Å²) < 4.78 is 1.71. The van der Waals surface area contributed by atoms with Crippen molar-refractivity contribution in [3.05, 3.63) is 74.7 Å². The van der Waals surface area contributed by atoms with Gasteiger partial charge in [-0.3, -0.25) is 14.8 Å². The summed E-state index contributed by atoms with van der Waals surface area (Å²) >= 11 is 0. The first kappa shape index (κ1) is 18.4. The molecule has 1 aliphatic heterocycles. The number of aromatic amines is 1. The number of aromatic nitrogens is 2. The molecular weight excluding hydrogens is 378 g/mol. The quantitative estimate of drug-likeness (QED) is 0.462. The number of allylic oxidation sites excluding steroid dienone is 1. The summed E-state index contributed by atoms with van der Waals surface area (Å²) in [4.78, 5) is 30.0. The van der Waals surface area contributed by atoms with Crippen LogP contribution < -0.4 is 11.4 Å². The summed E-state index contributed by atoms with van der Waals surface area (Å²) in [6.07, 6.45) is 4.91. The van der Waals surface area contributed by atoms with Gasteiger partial charge >= 0.3 is 5.69 Å². The van der Waals surface area contributed by atoms with Crippen LogP contribution in [0.3, 0.4) is 0 Å². The number of hydrogen-bond acceptors (Lipinski definition) is 3. The van der Waals surface area contributed by atoms with Crippen molar-refractivity contribution >= 4 is 28.9 Å². The monoisotopic (exact) mass is 401 g/mol. The second-order valence-corrected chi connectivity index (χ2v) is 8.05. The zero-order chi connectivity index (χ0) is 20.8. The third-order valence-corrected chi connectivity index (χ3v) is 6.01. The van der Waals surface area contributed by atoms with Gasteiger partial charge in [-0.15, -0.1) is 0 Å². The van der Waals surface area contributed by atoms with E-state index in [1.54, 1.807) is 10.6 Å². The van der Waals surface area contributed by atoms with Crippen LogP contribution in [-0.2, 0) is 13.0 Å². The standard InChI is InChI=1S/C23H23N5O2/c24-21(25)16-4-3-15-9-14(10-18(15)11-16)13-28-20-6-5-17(12-19(20)26-23(28)30)22(29)27-7-1-2-8-27/h3-6,9,11-12H,1-2,7-8,10,13H2,(H3,24,25)(H,26,30). The molecule has 1 saturated heterocycles. The van der Waals surface area contributed by atoms with E-state index in [9.17, 15) is 9.59 Å². The Hall–Kier alpha value is -3.61. The van der Waals surface area contributed by atoms with E-state index in [4.69, 9.17) is 11.1 Å². The molecule has 5 rings (SSSR count). The number of hydrogen-bond donors (Lipinski definition) is 3. The predicted molar refractivity (Wildman–Crippen MR) is 117 cm³/mol. The van der Waals surface area contributed by atoms with E-state index in [1.165, 1.54) is 0 Å². The van der Waals surface area contributed by atoms with Crippen LogP contribution >= 0.6 is 0 Å². The van der Waals surface area contributed by atoms with Gasteiger partial charge in [-0.1, -0.05) is 18.2 Å². The van der Waals surface area contributed by atoms with E-state index in [0.717, 1.165) is 54.6 Å². The van der Waals surface area contributed by atoms with Crippen LogP contribution in [0.15, 0.2) is 46.8 Å². The van der Waals surface area contributed by atoms with E-state index in [2.05, 4.69) is 11.1 Å². The zero-order valence-corrected chi connectivity index (χ0v) is 16.6. The zero-order valence-electron chi connectivity index (χ0n) is 16.6. The van der Waals surface area contributed by atoms with E-state index >= 15 is 0 Å². The molecule has 7 heteroatoms. The molecule has 2 aliphatic rings. The molecule has 0 unspecified atom stereocenters. The molecule has 0 atom stereocenters. The van der Waals surface area contributed by atoms with Gasteiger partial charge in [-0.25, -0.2) is 4.79 Å². The lowest BCUT2D eigenvalue weighted by Gasteiger charge is -2.15. The molecule has 2 aromatic carbocycles. The summed E-state index contributed by atoms with van der Waals surface area (Å²) in [5.41, 5.74) is 11.5. The highest BCUT2D eigenvalue weighted by molar-refractivity contribution is 5.97. The number of amides is 1. The molecular formula is C23H23N5O2. The molecule has 2 heterocycles. The van der Waals surface area contributed by atoms with Crippen LogP contribution in [0.25, 0.3) is 17.1 Å². The average Bonchev–Trinajstić information content (AvgIpc) is 3.46. The van der Waals surface area contributed by atoms with Gasteiger partial charge in [-0.2, -0.15) is 0 Å². The van der Waals surface area contributed by atoms with E-state index < -0.39 is 0 Å². The average molecular weight is 401 g/mol. The number of carbonyl (C=O) groups is 1. The lowest BCUT2D eigenvalue weighted by molar-refractivity contribution is 0.0793. The highest BCUT2D eigenvalue weighted by atomic mass is 16.2. The lowest BCUT2D eigenvalue weighted by atomic mass is 10.0. The highest BCUT2D eigenvalue weighted by Crippen LogP contribution is 2.27. The molecule has 1 aliphatic carbocycles. The fourth-order valence-corrected chi connectivity index (χ4v) is 4.44. The number of nitrogen functional groups attached to an aromatic ring is 1. The molecule has 0 radical (unpaired) electrons. The van der Waals surface area contributed by atoms with Crippen LogP contribution in [0.4, 0.5) is 0 Å². The second kappa shape index (κ2) is 7.02. The van der Waals surface area contributed by atoms with E-state index in [-0.39, 0.29) is 17.4 Å². The molecule has 1 fully saturated rings. The van der Waals surface area contributed by atoms with Gasteiger partial charge in [0.1, 0.15) is 5.84 Å². The maximum Gasteiger partial charge on any atom is 0.326 e. The molecule has 1 aromatic heterocycles. The topological polar surface area (TPSA) is 108 Å². The Morgan fingerprint density at radius 3 is 2.63 bits per heavy atom. The number of nitrogens with one attached hydrogen (secondary N) is 2. The number of amidine groups is 1. The van der Waals surface area contributed by atoms with Crippen molar-refractivity contribution in [3.63, 3.8) is 0 Å². The Bertz CT molecular complexity index is 1270. The summed E-state index contributed by atoms with van der Waals surface area (Å²) in [5.74, 6) is 0.0802. The van der Waals surface area contributed by atoms with Gasteiger partial charge in [0.05, 0.1) is 11.0 Å². The van der Waals surface area contributed by atoms with Gasteiger partial charge in [-0.05, 0) is 60.2 Å². The van der Waals surface area contributed by atoms with Crippen molar-refractivity contribution in [2.75, 3.05) is 13.1 Å². The lowest BCUT2D eigenvalue weighted by Crippen LogP contribution is -2.27. The Labute approximate surface area is 173 Å². The van der Waals surface area contributed by atoms with Crippen molar-refractivity contribution in [2.45, 2.75) is 25.8 Å². The number of likely N-dealkylation sites (tertiary alicyclic amines) is 1. The van der Waals surface area contributed by atoms with Crippen molar-refractivity contribution in [2.24, 2.45) is 5.73 Å². The third kappa shape index (κ3) is 3.12. The molecule has 0 bridgehead atoms. The van der Waals surface area contributed by atoms with Crippen LogP contribution in [0.5, 0.6) is 0 Å². The first-order valence-corrected chi connectivity index (χ1v) is 10.2. The largest absolute Gasteiger partial charge is 0.384 e. The van der Waals surface area contributed by atoms with Crippen LogP contribution in [0.1, 0.15) is 39.9 Å². The number of rotatable bonds is 4. The summed E-state index contributed by atoms with van der Waals surface area (Å²) in [6.45, 7) is 2.07. The normalized spacial score (nSPS) is 15.5. The highest BCUT2D eigenvalue weighted by Gasteiger charge is 2.21. The maximum absolute atomic E-state index is 12.7. The molecule has 3 aromatic rings. The van der Waals surface area contributed by atoms with E-state index in [1.807, 2.05) is 35.2 Å². The number of nitrogens with two attached hydrogens (primary N) is 1. The number of carbonyl (C=O) groups excluding carboxylic acids is 1. The van der Waals surface area contributed by atoms with Crippen molar-refractivity contribution in [3.8, 4) is 0 Å². The van der Waals surface area contributed by atoms with Gasteiger partial charge in [0.25, 0.3) is 5.91 Å². The number of H-pyrrole nitrogens is 1. The van der Waals surface area contributed by atoms with Crippen LogP contribution in [0, 0.1) is 5.41 Å². The smallest absolute Gasteiger partial charge is 0.326 e. The Morgan fingerprint density at radius 2 is 1.87 bits per heavy atom. The molecule has 0 saturated carbocycles. The van der Waals surface area contributed by atoms with Gasteiger partial charge in [0.2, 0.25) is 0 Å². The maximum atomic E-state index is 12.7. The van der Waals surface area contributed by atoms with Crippen molar-refractivity contribution in [1.82, 2.24) is 14.5 Å². The summed E-state index contributed by atoms with van der Waals surface area (Å²) in [6, 6.07) is 11.2. The third-order valence-electron chi connectivity index (χ3n) is 6.01. The number of nitrogens with zero attached hydrogens (tertiary/aromatic N) is 2. The fourth-order valence-electron chi connectivity index (χ4n) is 4.44. The first-order chi connectivity index (χ1) is 14.5. The minimum absolute atomic E-state index is 0.0261. The van der Waals surface area contributed by atoms with Crippen LogP contribution in [-0.4, -0.2) is 39.3 Å². The van der Waals surface area contributed by atoms with Crippen LogP contribution in [0.2, 0.25) is 0 Å². The molecule has 7 nitrogen and oxygen atoms in total. The molecule has 30 heavy (non-hydrogen) atoms.